The van der Waals surface area contributed by atoms with Crippen LogP contribution in [0, 0.1) is 25.2 Å². The van der Waals surface area contributed by atoms with Crippen LogP contribution in [0.2, 0.25) is 0 Å². The fourth-order valence-corrected chi connectivity index (χ4v) is 3.29. The summed E-state index contributed by atoms with van der Waals surface area (Å²) in [5.41, 5.74) is 4.79. The predicted octanol–water partition coefficient (Wildman–Crippen LogP) is 3.31. The van der Waals surface area contributed by atoms with Crippen molar-refractivity contribution in [2.75, 3.05) is 7.11 Å². The summed E-state index contributed by atoms with van der Waals surface area (Å²) >= 11 is 0. The molecular weight excluding hydrogens is 316 g/mol. The minimum Gasteiger partial charge on any atom is -0.496 e. The molecule has 0 atom stereocenters. The van der Waals surface area contributed by atoms with E-state index in [1.165, 1.54) is 10.7 Å². The highest BCUT2D eigenvalue weighted by molar-refractivity contribution is 5.70. The maximum atomic E-state index is 12.9. The number of ether oxygens (including phenoxy) is 1. The van der Waals surface area contributed by atoms with E-state index >= 15 is 0 Å². The number of aromatic amines is 1. The average molecular weight is 336 g/mol. The van der Waals surface area contributed by atoms with E-state index in [-0.39, 0.29) is 11.5 Å². The van der Waals surface area contributed by atoms with Crippen molar-refractivity contribution in [1.29, 1.82) is 5.26 Å². The third kappa shape index (κ3) is 2.58. The number of nitrogens with one attached hydrogen (secondary N) is 1. The van der Waals surface area contributed by atoms with Gasteiger partial charge in [-0.05, 0) is 48.6 Å². The Bertz CT molecular complexity index is 1040. The van der Waals surface area contributed by atoms with Crippen LogP contribution in [0.15, 0.2) is 23.1 Å². The minimum absolute atomic E-state index is 0.000555. The number of methoxy groups -OCH3 is 1. The summed E-state index contributed by atoms with van der Waals surface area (Å²) in [5.74, 6) is 0.834. The number of rotatable bonds is 3. The Morgan fingerprint density at radius 2 is 1.92 bits per heavy atom. The zero-order valence-electron chi connectivity index (χ0n) is 15.0. The zero-order valence-corrected chi connectivity index (χ0v) is 15.0. The van der Waals surface area contributed by atoms with Gasteiger partial charge in [-0.15, -0.1) is 0 Å². The molecule has 6 heteroatoms. The quantitative estimate of drug-likeness (QED) is 0.795. The largest absolute Gasteiger partial charge is 0.496 e. The van der Waals surface area contributed by atoms with E-state index in [0.29, 0.717) is 16.8 Å². The van der Waals surface area contributed by atoms with Gasteiger partial charge in [-0.25, -0.2) is 0 Å². The Hall–Kier alpha value is -3.07. The molecular formula is C19H20N4O2. The molecule has 3 rings (SSSR count). The van der Waals surface area contributed by atoms with E-state index in [2.05, 4.69) is 16.2 Å². The fraction of sp³-hybridized carbons (Fsp3) is 0.316. The summed E-state index contributed by atoms with van der Waals surface area (Å²) in [7, 11) is 1.65. The highest BCUT2D eigenvalue weighted by Gasteiger charge is 2.20. The van der Waals surface area contributed by atoms with Gasteiger partial charge in [0.05, 0.1) is 19.0 Å². The van der Waals surface area contributed by atoms with Gasteiger partial charge in [0.15, 0.2) is 5.65 Å². The first-order chi connectivity index (χ1) is 11.9. The number of hydrogen-bond donors (Lipinski definition) is 1. The monoisotopic (exact) mass is 336 g/mol. The summed E-state index contributed by atoms with van der Waals surface area (Å²) in [4.78, 5) is 16.2. The Balaban J connectivity index is 2.41. The number of nitrogens with zero attached hydrogens (tertiary/aromatic N) is 3. The van der Waals surface area contributed by atoms with Gasteiger partial charge in [-0.3, -0.25) is 4.79 Å². The lowest BCUT2D eigenvalue weighted by molar-refractivity contribution is 0.408. The van der Waals surface area contributed by atoms with Crippen LogP contribution in [0.3, 0.4) is 0 Å². The molecule has 0 bridgehead atoms. The smallest absolute Gasteiger partial charge is 0.278 e. The maximum absolute atomic E-state index is 12.9. The van der Waals surface area contributed by atoms with Gasteiger partial charge < -0.3 is 9.72 Å². The second-order valence-electron chi connectivity index (χ2n) is 6.45. The predicted molar refractivity (Wildman–Crippen MR) is 96.1 cm³/mol. The molecule has 0 radical (unpaired) electrons. The van der Waals surface area contributed by atoms with Crippen molar-refractivity contribution in [1.82, 2.24) is 14.6 Å². The van der Waals surface area contributed by atoms with Crippen LogP contribution >= 0.6 is 0 Å². The molecule has 2 heterocycles. The van der Waals surface area contributed by atoms with Crippen molar-refractivity contribution >= 4 is 5.65 Å². The minimum atomic E-state index is -0.202. The van der Waals surface area contributed by atoms with Crippen LogP contribution < -0.4 is 10.3 Å². The Kier molecular flexibility index (Phi) is 4.09. The summed E-state index contributed by atoms with van der Waals surface area (Å²) in [6.07, 6.45) is 1.41. The summed E-state index contributed by atoms with van der Waals surface area (Å²) in [5, 5.41) is 13.3. The first-order valence-electron chi connectivity index (χ1n) is 8.08. The van der Waals surface area contributed by atoms with Crippen LogP contribution in [-0.4, -0.2) is 21.7 Å². The lowest BCUT2D eigenvalue weighted by Crippen LogP contribution is -2.22. The molecule has 0 saturated heterocycles. The Labute approximate surface area is 145 Å². The molecule has 6 nitrogen and oxygen atoms in total. The normalized spacial score (nSPS) is 11.1. The number of nitriles is 1. The van der Waals surface area contributed by atoms with Gasteiger partial charge in [0, 0.05) is 5.56 Å². The van der Waals surface area contributed by atoms with E-state index in [9.17, 15) is 10.1 Å². The van der Waals surface area contributed by atoms with Crippen molar-refractivity contribution in [2.45, 2.75) is 33.6 Å². The van der Waals surface area contributed by atoms with Gasteiger partial charge in [-0.1, -0.05) is 13.8 Å². The summed E-state index contributed by atoms with van der Waals surface area (Å²) in [6.45, 7) is 7.89. The molecule has 0 aliphatic carbocycles. The lowest BCUT2D eigenvalue weighted by atomic mass is 9.95. The van der Waals surface area contributed by atoms with Crippen LogP contribution in [0.25, 0.3) is 16.9 Å². The lowest BCUT2D eigenvalue weighted by Gasteiger charge is -2.16. The van der Waals surface area contributed by atoms with Crippen molar-refractivity contribution < 1.29 is 4.74 Å². The molecule has 2 aromatic heterocycles. The van der Waals surface area contributed by atoms with Crippen molar-refractivity contribution in [3.05, 3.63) is 50.9 Å². The third-order valence-corrected chi connectivity index (χ3v) is 4.36. The SMILES string of the molecule is COc1c(C)cc(-c2[nH]c3c(C#N)cnn3c(=O)c2C(C)C)cc1C. The van der Waals surface area contributed by atoms with Crippen molar-refractivity contribution in [3.63, 3.8) is 0 Å². The average Bonchev–Trinajstić information content (AvgIpc) is 2.97. The highest BCUT2D eigenvalue weighted by Crippen LogP contribution is 2.32. The Morgan fingerprint density at radius 1 is 1.28 bits per heavy atom. The van der Waals surface area contributed by atoms with Crippen molar-refractivity contribution in [3.8, 4) is 23.1 Å². The van der Waals surface area contributed by atoms with E-state index < -0.39 is 0 Å². The fourth-order valence-electron chi connectivity index (χ4n) is 3.29. The molecule has 25 heavy (non-hydrogen) atoms. The standard InChI is InChI=1S/C19H20N4O2/c1-10(2)15-16(13-6-11(3)17(25-5)12(4)7-13)22-18-14(8-20)9-21-23(18)19(15)24/h6-7,9-10,22H,1-5H3. The molecule has 128 valence electrons. The topological polar surface area (TPSA) is 83.2 Å². The molecule has 0 amide bonds. The van der Waals surface area contributed by atoms with Gasteiger partial charge in [0.25, 0.3) is 5.56 Å². The number of fused-ring (bicyclic) bond motifs is 1. The van der Waals surface area contributed by atoms with Crippen LogP contribution in [0.5, 0.6) is 5.75 Å². The third-order valence-electron chi connectivity index (χ3n) is 4.36. The highest BCUT2D eigenvalue weighted by atomic mass is 16.5. The molecule has 0 spiro atoms. The molecule has 0 aliphatic heterocycles. The van der Waals surface area contributed by atoms with Crippen LogP contribution in [0.1, 0.15) is 42.0 Å². The number of aryl methyl sites for hydroxylation is 2. The molecule has 3 aromatic rings. The summed E-state index contributed by atoms with van der Waals surface area (Å²) < 4.78 is 6.70. The first kappa shape index (κ1) is 16.8. The van der Waals surface area contributed by atoms with Gasteiger partial charge in [-0.2, -0.15) is 14.9 Å². The van der Waals surface area contributed by atoms with Gasteiger partial charge in [0.1, 0.15) is 17.4 Å². The molecule has 0 unspecified atom stereocenters. The summed E-state index contributed by atoms with van der Waals surface area (Å²) in [6, 6.07) is 6.05. The molecule has 0 saturated carbocycles. The second kappa shape index (κ2) is 6.10. The van der Waals surface area contributed by atoms with E-state index in [1.807, 2.05) is 39.8 Å². The van der Waals surface area contributed by atoms with Crippen LogP contribution in [0.4, 0.5) is 0 Å². The van der Waals surface area contributed by atoms with E-state index in [4.69, 9.17) is 4.74 Å². The number of H-pyrrole nitrogens is 1. The zero-order chi connectivity index (χ0) is 18.3. The number of aromatic nitrogens is 3. The van der Waals surface area contributed by atoms with Crippen molar-refractivity contribution in [2.24, 2.45) is 0 Å². The number of hydrogen-bond acceptors (Lipinski definition) is 4. The van der Waals surface area contributed by atoms with Crippen LogP contribution in [-0.2, 0) is 0 Å². The number of benzene rings is 1. The second-order valence-corrected chi connectivity index (χ2v) is 6.45. The van der Waals surface area contributed by atoms with Gasteiger partial charge in [0.2, 0.25) is 0 Å². The molecule has 0 fully saturated rings. The van der Waals surface area contributed by atoms with E-state index in [0.717, 1.165) is 28.1 Å². The molecule has 1 N–H and O–H groups in total. The Morgan fingerprint density at radius 3 is 2.44 bits per heavy atom. The molecule has 0 aliphatic rings. The first-order valence-corrected chi connectivity index (χ1v) is 8.08. The molecule has 1 aromatic carbocycles. The van der Waals surface area contributed by atoms with E-state index in [1.54, 1.807) is 7.11 Å². The van der Waals surface area contributed by atoms with Gasteiger partial charge >= 0.3 is 0 Å². The maximum Gasteiger partial charge on any atom is 0.278 e.